The number of nitrogens with one attached hydrogen (secondary N) is 1. The number of anilines is 1. The van der Waals surface area contributed by atoms with Crippen molar-refractivity contribution in [3.05, 3.63) is 99.8 Å². The van der Waals surface area contributed by atoms with E-state index in [0.717, 1.165) is 40.2 Å². The third kappa shape index (κ3) is 4.78. The van der Waals surface area contributed by atoms with E-state index in [9.17, 15) is 4.79 Å². The molecule has 0 saturated carbocycles. The first-order chi connectivity index (χ1) is 19.3. The predicted octanol–water partition coefficient (Wildman–Crippen LogP) is 5.91. The number of aromatic nitrogens is 5. The van der Waals surface area contributed by atoms with Crippen LogP contribution in [0.4, 0.5) is 5.82 Å². The van der Waals surface area contributed by atoms with Crippen molar-refractivity contribution in [2.45, 2.75) is 26.4 Å². The van der Waals surface area contributed by atoms with Crippen molar-refractivity contribution in [1.82, 2.24) is 28.8 Å². The molecule has 6 rings (SSSR count). The Morgan fingerprint density at radius 3 is 2.65 bits per heavy atom. The second-order valence-electron chi connectivity index (χ2n) is 10.4. The molecule has 0 aliphatic carbocycles. The highest BCUT2D eigenvalue weighted by Crippen LogP contribution is 2.36. The molecule has 1 N–H and O–H groups in total. The number of thiophene rings is 1. The average Bonchev–Trinajstić information content (AvgIpc) is 3.61. The molecule has 1 atom stereocenters. The molecule has 0 spiro atoms. The van der Waals surface area contributed by atoms with Crippen LogP contribution in [-0.2, 0) is 13.6 Å². The third-order valence-electron chi connectivity index (χ3n) is 7.01. The van der Waals surface area contributed by atoms with Gasteiger partial charge in [-0.25, -0.2) is 15.0 Å². The van der Waals surface area contributed by atoms with E-state index in [2.05, 4.69) is 78.7 Å². The Labute approximate surface area is 236 Å². The van der Waals surface area contributed by atoms with Gasteiger partial charge in [0.1, 0.15) is 17.3 Å². The summed E-state index contributed by atoms with van der Waals surface area (Å²) in [4.78, 5) is 30.9. The second kappa shape index (κ2) is 10.3. The van der Waals surface area contributed by atoms with Gasteiger partial charge in [0.25, 0.3) is 0 Å². The number of hydrogen-bond donors (Lipinski definition) is 1. The molecule has 5 aromatic heterocycles. The summed E-state index contributed by atoms with van der Waals surface area (Å²) in [5, 5.41) is 4.56. The molecule has 5 heterocycles. The Morgan fingerprint density at radius 1 is 1.02 bits per heavy atom. The van der Waals surface area contributed by atoms with Gasteiger partial charge in [0, 0.05) is 59.1 Å². The third-order valence-corrected chi connectivity index (χ3v) is 8.31. The highest BCUT2D eigenvalue weighted by molar-refractivity contribution is 7.15. The fourth-order valence-corrected chi connectivity index (χ4v) is 6.16. The van der Waals surface area contributed by atoms with Gasteiger partial charge in [0.15, 0.2) is 5.65 Å². The molecule has 0 aliphatic rings. The smallest absolute Gasteiger partial charge is 0.250 e. The van der Waals surface area contributed by atoms with Crippen LogP contribution in [0.1, 0.15) is 29.2 Å². The standard InChI is InChI=1S/C31H31N7OS/c1-19(26-11-12-27(40-26)23-9-7-6-8-21(23)17-36(3)4)33-29-25-16-24(22-10-13-28(39)37(5)18-22)30-32-14-15-38(30)31(25)35-20(2)34-29/h6-16,18-19H,17H2,1-5H3,(H,33,34,35)/t19-/m1/s1. The van der Waals surface area contributed by atoms with Gasteiger partial charge in [0.2, 0.25) is 5.56 Å². The maximum absolute atomic E-state index is 12.0. The van der Waals surface area contributed by atoms with Crippen LogP contribution in [-0.4, -0.2) is 42.9 Å². The van der Waals surface area contributed by atoms with Crippen LogP contribution >= 0.6 is 11.3 Å². The first kappa shape index (κ1) is 25.9. The van der Waals surface area contributed by atoms with Gasteiger partial charge in [-0.1, -0.05) is 24.3 Å². The summed E-state index contributed by atoms with van der Waals surface area (Å²) < 4.78 is 3.57. The minimum Gasteiger partial charge on any atom is -0.362 e. The minimum atomic E-state index is -0.0568. The molecule has 6 aromatic rings. The van der Waals surface area contributed by atoms with Gasteiger partial charge in [0.05, 0.1) is 11.4 Å². The van der Waals surface area contributed by atoms with E-state index < -0.39 is 0 Å². The normalized spacial score (nSPS) is 12.4. The number of pyridine rings is 2. The van der Waals surface area contributed by atoms with Crippen LogP contribution < -0.4 is 10.9 Å². The monoisotopic (exact) mass is 549 g/mol. The predicted molar refractivity (Wildman–Crippen MR) is 163 cm³/mol. The Balaban J connectivity index is 1.40. The van der Waals surface area contributed by atoms with E-state index in [-0.39, 0.29) is 11.6 Å². The number of rotatable bonds is 7. The van der Waals surface area contributed by atoms with E-state index in [1.165, 1.54) is 20.9 Å². The van der Waals surface area contributed by atoms with Crippen LogP contribution in [0.15, 0.2) is 78.0 Å². The molecule has 1 aromatic carbocycles. The molecule has 0 amide bonds. The summed E-state index contributed by atoms with van der Waals surface area (Å²) >= 11 is 1.80. The lowest BCUT2D eigenvalue weighted by molar-refractivity contribution is 0.403. The molecule has 0 fully saturated rings. The first-order valence-electron chi connectivity index (χ1n) is 13.2. The van der Waals surface area contributed by atoms with E-state index in [4.69, 9.17) is 9.97 Å². The summed E-state index contributed by atoms with van der Waals surface area (Å²) in [6.45, 7) is 4.96. The Hall–Kier alpha value is -4.34. The Bertz CT molecular complexity index is 1920. The summed E-state index contributed by atoms with van der Waals surface area (Å²) in [5.74, 6) is 1.44. The van der Waals surface area contributed by atoms with Crippen molar-refractivity contribution >= 4 is 33.8 Å². The van der Waals surface area contributed by atoms with Gasteiger partial charge >= 0.3 is 0 Å². The molecule has 0 unspecified atom stereocenters. The maximum Gasteiger partial charge on any atom is 0.250 e. The van der Waals surface area contributed by atoms with Crippen LogP contribution in [0.2, 0.25) is 0 Å². The molecular formula is C31H31N7OS. The van der Waals surface area contributed by atoms with Gasteiger partial charge < -0.3 is 14.8 Å². The average molecular weight is 550 g/mol. The lowest BCUT2D eigenvalue weighted by Crippen LogP contribution is -2.14. The van der Waals surface area contributed by atoms with E-state index in [1.54, 1.807) is 35.2 Å². The highest BCUT2D eigenvalue weighted by Gasteiger charge is 2.18. The summed E-state index contributed by atoms with van der Waals surface area (Å²) in [7, 11) is 5.95. The molecule has 0 bridgehead atoms. The number of aryl methyl sites for hydroxylation is 2. The van der Waals surface area contributed by atoms with Gasteiger partial charge in [-0.15, -0.1) is 11.3 Å². The van der Waals surface area contributed by atoms with Gasteiger partial charge in [-0.05, 0) is 63.3 Å². The molecule has 0 radical (unpaired) electrons. The summed E-state index contributed by atoms with van der Waals surface area (Å²) in [6, 6.07) is 18.5. The van der Waals surface area contributed by atoms with Crippen molar-refractivity contribution in [2.75, 3.05) is 19.4 Å². The fraction of sp³-hybridized carbons (Fsp3) is 0.226. The fourth-order valence-electron chi connectivity index (χ4n) is 5.09. The number of benzene rings is 1. The number of fused-ring (bicyclic) bond motifs is 3. The second-order valence-corrected chi connectivity index (χ2v) is 11.5. The zero-order valence-corrected chi connectivity index (χ0v) is 24.0. The van der Waals surface area contributed by atoms with Gasteiger partial charge in [-0.3, -0.25) is 9.20 Å². The molecule has 202 valence electrons. The first-order valence-corrected chi connectivity index (χ1v) is 14.0. The molecule has 8 nitrogen and oxygen atoms in total. The van der Waals surface area contributed by atoms with Crippen LogP contribution in [0, 0.1) is 6.92 Å². The topological polar surface area (TPSA) is 80.4 Å². The van der Waals surface area contributed by atoms with Crippen molar-refractivity contribution in [3.8, 4) is 21.6 Å². The molecule has 0 saturated heterocycles. The maximum atomic E-state index is 12.0. The summed E-state index contributed by atoms with van der Waals surface area (Å²) in [6.07, 6.45) is 5.53. The molecule has 0 aliphatic heterocycles. The minimum absolute atomic E-state index is 0.0248. The van der Waals surface area contributed by atoms with Crippen molar-refractivity contribution in [2.24, 2.45) is 7.05 Å². The van der Waals surface area contributed by atoms with Crippen LogP contribution in [0.3, 0.4) is 0 Å². The van der Waals surface area contributed by atoms with Crippen molar-refractivity contribution in [3.63, 3.8) is 0 Å². The van der Waals surface area contributed by atoms with Crippen molar-refractivity contribution in [1.29, 1.82) is 0 Å². The largest absolute Gasteiger partial charge is 0.362 e. The zero-order valence-electron chi connectivity index (χ0n) is 23.2. The van der Waals surface area contributed by atoms with E-state index in [1.807, 2.05) is 29.8 Å². The van der Waals surface area contributed by atoms with Gasteiger partial charge in [-0.2, -0.15) is 0 Å². The summed E-state index contributed by atoms with van der Waals surface area (Å²) in [5.41, 5.74) is 5.90. The van der Waals surface area contributed by atoms with Crippen LogP contribution in [0.25, 0.3) is 38.2 Å². The molecule has 40 heavy (non-hydrogen) atoms. The number of nitrogens with zero attached hydrogens (tertiary/aromatic N) is 6. The lowest BCUT2D eigenvalue weighted by atomic mass is 10.1. The number of imidazole rings is 1. The van der Waals surface area contributed by atoms with Crippen LogP contribution in [0.5, 0.6) is 0 Å². The van der Waals surface area contributed by atoms with E-state index >= 15 is 0 Å². The van der Waals surface area contributed by atoms with Crippen molar-refractivity contribution < 1.29 is 0 Å². The highest BCUT2D eigenvalue weighted by atomic mass is 32.1. The molecular weight excluding hydrogens is 518 g/mol. The van der Waals surface area contributed by atoms with E-state index in [0.29, 0.717) is 5.82 Å². The zero-order chi connectivity index (χ0) is 28.0. The quantitative estimate of drug-likeness (QED) is 0.267. The number of hydrogen-bond acceptors (Lipinski definition) is 7. The molecule has 9 heteroatoms. The Kier molecular flexibility index (Phi) is 6.69. The lowest BCUT2D eigenvalue weighted by Gasteiger charge is -2.17. The Morgan fingerprint density at radius 2 is 1.85 bits per heavy atom. The SMILES string of the molecule is Cc1nc(N[C@H](C)c2ccc(-c3ccccc3CN(C)C)s2)c2cc(-c3ccc(=O)n(C)c3)c3nccn3c2n1.